The molecule has 4 nitrogen and oxygen atoms in total. The first-order chi connectivity index (χ1) is 6.65. The Hall–Kier alpha value is -0.610. The number of carbonyl (C=O) groups is 1. The lowest BCUT2D eigenvalue weighted by Gasteiger charge is -2.27. The maximum absolute atomic E-state index is 10.9. The Morgan fingerprint density at radius 3 is 2.86 bits per heavy atom. The van der Waals surface area contributed by atoms with E-state index >= 15 is 0 Å². The van der Waals surface area contributed by atoms with Crippen LogP contribution in [-0.4, -0.2) is 48.2 Å². The van der Waals surface area contributed by atoms with E-state index in [1.54, 1.807) is 0 Å². The van der Waals surface area contributed by atoms with E-state index in [-0.39, 0.29) is 5.92 Å². The van der Waals surface area contributed by atoms with E-state index in [9.17, 15) is 4.79 Å². The molecule has 0 aromatic rings. The van der Waals surface area contributed by atoms with Crippen molar-refractivity contribution in [3.8, 4) is 0 Å². The molecule has 0 aromatic carbocycles. The molecule has 0 amide bonds. The van der Waals surface area contributed by atoms with Gasteiger partial charge >= 0.3 is 5.97 Å². The maximum Gasteiger partial charge on any atom is 0.309 e. The van der Waals surface area contributed by atoms with E-state index in [4.69, 9.17) is 5.11 Å². The number of nitrogens with zero attached hydrogens (tertiary/aromatic N) is 1. The van der Waals surface area contributed by atoms with Crippen molar-refractivity contribution in [1.29, 1.82) is 0 Å². The van der Waals surface area contributed by atoms with Gasteiger partial charge in [-0.15, -0.1) is 0 Å². The fourth-order valence-electron chi connectivity index (χ4n) is 1.89. The van der Waals surface area contributed by atoms with E-state index < -0.39 is 5.97 Å². The van der Waals surface area contributed by atoms with Gasteiger partial charge in [0.15, 0.2) is 0 Å². The number of carboxylic acids is 1. The van der Waals surface area contributed by atoms with Gasteiger partial charge < -0.3 is 10.4 Å². The quantitative estimate of drug-likeness (QED) is 0.692. The lowest BCUT2D eigenvalue weighted by atomic mass is 10.1. The molecular formula is C10H20N2O2. The molecule has 1 heterocycles. The van der Waals surface area contributed by atoms with Crippen LogP contribution in [0.15, 0.2) is 0 Å². The largest absolute Gasteiger partial charge is 0.481 e. The zero-order valence-electron chi connectivity index (χ0n) is 8.99. The number of hydrogen-bond acceptors (Lipinski definition) is 3. The van der Waals surface area contributed by atoms with Gasteiger partial charge in [-0.25, -0.2) is 0 Å². The lowest BCUT2D eigenvalue weighted by Crippen LogP contribution is -2.39. The fraction of sp³-hybridized carbons (Fsp3) is 0.900. The van der Waals surface area contributed by atoms with Crippen LogP contribution >= 0.6 is 0 Å². The van der Waals surface area contributed by atoms with Gasteiger partial charge in [0.1, 0.15) is 0 Å². The van der Waals surface area contributed by atoms with Gasteiger partial charge in [0.25, 0.3) is 0 Å². The van der Waals surface area contributed by atoms with Crippen LogP contribution in [0.5, 0.6) is 0 Å². The lowest BCUT2D eigenvalue weighted by molar-refractivity contribution is -0.142. The molecule has 0 aliphatic carbocycles. The molecule has 2 N–H and O–H groups in total. The van der Waals surface area contributed by atoms with Gasteiger partial charge in [-0.1, -0.05) is 6.92 Å². The Morgan fingerprint density at radius 1 is 1.57 bits per heavy atom. The Labute approximate surface area is 85.3 Å². The Kier molecular flexibility index (Phi) is 4.35. The molecule has 1 rings (SSSR count). The summed E-state index contributed by atoms with van der Waals surface area (Å²) >= 11 is 0. The molecule has 82 valence electrons. The third-order valence-corrected chi connectivity index (χ3v) is 2.77. The minimum atomic E-state index is -0.687. The molecule has 1 fully saturated rings. The van der Waals surface area contributed by atoms with Crippen LogP contribution in [0.2, 0.25) is 0 Å². The summed E-state index contributed by atoms with van der Waals surface area (Å²) in [6, 6.07) is 0.444. The van der Waals surface area contributed by atoms with Crippen molar-refractivity contribution in [2.24, 2.45) is 5.92 Å². The highest BCUT2D eigenvalue weighted by molar-refractivity contribution is 5.70. The van der Waals surface area contributed by atoms with Gasteiger partial charge in [0.05, 0.1) is 5.92 Å². The topological polar surface area (TPSA) is 52.6 Å². The fourth-order valence-corrected chi connectivity index (χ4v) is 1.89. The molecular weight excluding hydrogens is 180 g/mol. The highest BCUT2D eigenvalue weighted by Crippen LogP contribution is 2.09. The van der Waals surface area contributed by atoms with Gasteiger partial charge in [-0.05, 0) is 19.9 Å². The number of hydrogen-bond donors (Lipinski definition) is 2. The van der Waals surface area contributed by atoms with Crippen molar-refractivity contribution in [2.45, 2.75) is 26.3 Å². The number of rotatable bonds is 3. The van der Waals surface area contributed by atoms with Crippen molar-refractivity contribution < 1.29 is 9.90 Å². The summed E-state index contributed by atoms with van der Waals surface area (Å²) in [6.07, 6.45) is 1.08. The van der Waals surface area contributed by atoms with Gasteiger partial charge in [-0.2, -0.15) is 0 Å². The molecule has 4 heteroatoms. The number of aliphatic carboxylic acids is 1. The Balaban J connectivity index is 2.57. The van der Waals surface area contributed by atoms with Crippen LogP contribution in [-0.2, 0) is 4.79 Å². The van der Waals surface area contributed by atoms with Crippen LogP contribution in [0, 0.1) is 5.92 Å². The second-order valence-corrected chi connectivity index (χ2v) is 4.04. The zero-order valence-corrected chi connectivity index (χ0v) is 8.99. The second-order valence-electron chi connectivity index (χ2n) is 4.04. The van der Waals surface area contributed by atoms with Gasteiger partial charge in [0, 0.05) is 25.7 Å². The van der Waals surface area contributed by atoms with Crippen LogP contribution in [0.3, 0.4) is 0 Å². The molecule has 1 saturated heterocycles. The normalized spacial score (nSPS) is 29.9. The summed E-state index contributed by atoms with van der Waals surface area (Å²) in [4.78, 5) is 13.2. The minimum absolute atomic E-state index is 0.258. The van der Waals surface area contributed by atoms with E-state index in [1.165, 1.54) is 0 Å². The van der Waals surface area contributed by atoms with Crippen molar-refractivity contribution in [1.82, 2.24) is 10.2 Å². The Morgan fingerprint density at radius 2 is 2.29 bits per heavy atom. The first-order valence-corrected chi connectivity index (χ1v) is 5.32. The second kappa shape index (κ2) is 5.32. The zero-order chi connectivity index (χ0) is 10.6. The van der Waals surface area contributed by atoms with E-state index in [2.05, 4.69) is 24.1 Å². The van der Waals surface area contributed by atoms with Crippen molar-refractivity contribution in [3.05, 3.63) is 0 Å². The summed E-state index contributed by atoms with van der Waals surface area (Å²) in [6.45, 7) is 7.43. The average Bonchev–Trinajstić information content (AvgIpc) is 2.30. The predicted octanol–water partition coefficient (Wildman–Crippen LogP) is 0.391. The van der Waals surface area contributed by atoms with Crippen molar-refractivity contribution >= 4 is 5.97 Å². The molecule has 1 aliphatic rings. The minimum Gasteiger partial charge on any atom is -0.481 e. The first kappa shape index (κ1) is 11.5. The molecule has 0 spiro atoms. The van der Waals surface area contributed by atoms with Crippen LogP contribution in [0.4, 0.5) is 0 Å². The third kappa shape index (κ3) is 2.96. The average molecular weight is 200 g/mol. The molecule has 0 aromatic heterocycles. The smallest absolute Gasteiger partial charge is 0.309 e. The summed E-state index contributed by atoms with van der Waals surface area (Å²) in [7, 11) is 0. The van der Waals surface area contributed by atoms with Crippen molar-refractivity contribution in [3.63, 3.8) is 0 Å². The number of carboxylic acid groups (broad SMARTS) is 1. The number of nitrogens with one attached hydrogen (secondary N) is 1. The SMILES string of the molecule is CCCN1CC(C(=O)O)CNCC1C. The standard InChI is InChI=1S/C10H20N2O2/c1-3-4-12-7-9(10(13)14)6-11-5-8(12)2/h8-9,11H,3-7H2,1-2H3,(H,13,14). The molecule has 0 bridgehead atoms. The molecule has 2 atom stereocenters. The van der Waals surface area contributed by atoms with E-state index in [0.29, 0.717) is 19.1 Å². The van der Waals surface area contributed by atoms with Gasteiger partial charge in [0.2, 0.25) is 0 Å². The predicted molar refractivity (Wildman–Crippen MR) is 55.3 cm³/mol. The third-order valence-electron chi connectivity index (χ3n) is 2.77. The monoisotopic (exact) mass is 200 g/mol. The molecule has 0 saturated carbocycles. The van der Waals surface area contributed by atoms with Gasteiger partial charge in [-0.3, -0.25) is 9.69 Å². The summed E-state index contributed by atoms with van der Waals surface area (Å²) < 4.78 is 0. The first-order valence-electron chi connectivity index (χ1n) is 5.32. The summed E-state index contributed by atoms with van der Waals surface area (Å²) in [5.41, 5.74) is 0. The molecule has 14 heavy (non-hydrogen) atoms. The highest BCUT2D eigenvalue weighted by Gasteiger charge is 2.26. The van der Waals surface area contributed by atoms with Crippen LogP contribution in [0.1, 0.15) is 20.3 Å². The molecule has 0 radical (unpaired) electrons. The van der Waals surface area contributed by atoms with Crippen molar-refractivity contribution in [2.75, 3.05) is 26.2 Å². The molecule has 1 aliphatic heterocycles. The Bertz CT molecular complexity index is 197. The van der Waals surface area contributed by atoms with Crippen LogP contribution < -0.4 is 5.32 Å². The van der Waals surface area contributed by atoms with E-state index in [1.807, 2.05) is 0 Å². The highest BCUT2D eigenvalue weighted by atomic mass is 16.4. The summed E-state index contributed by atoms with van der Waals surface area (Å²) in [5, 5.41) is 12.2. The molecule has 2 unspecified atom stereocenters. The van der Waals surface area contributed by atoms with E-state index in [0.717, 1.165) is 19.5 Å². The van der Waals surface area contributed by atoms with Crippen LogP contribution in [0.25, 0.3) is 0 Å². The maximum atomic E-state index is 10.9. The summed E-state index contributed by atoms with van der Waals surface area (Å²) in [5.74, 6) is -0.945.